The van der Waals surface area contributed by atoms with E-state index >= 15 is 0 Å². The molecule has 2 aliphatic rings. The smallest absolute Gasteiger partial charge is 0.300 e. The molecular formula is C46H60N12O8. The van der Waals surface area contributed by atoms with E-state index in [0.29, 0.717) is 88.3 Å². The van der Waals surface area contributed by atoms with E-state index in [1.807, 2.05) is 62.0 Å². The molecule has 0 aromatic carbocycles. The third-order valence-electron chi connectivity index (χ3n) is 10.7. The van der Waals surface area contributed by atoms with E-state index in [4.69, 9.17) is 29.3 Å². The summed E-state index contributed by atoms with van der Waals surface area (Å²) in [6.45, 7) is 12.8. The fourth-order valence-electron chi connectivity index (χ4n) is 6.99. The van der Waals surface area contributed by atoms with E-state index in [1.54, 1.807) is 38.7 Å². The molecule has 0 aliphatic carbocycles. The number of nitriles is 2. The number of aromatic nitrogens is 4. The predicted molar refractivity (Wildman–Crippen MR) is 251 cm³/mol. The highest BCUT2D eigenvalue weighted by atomic mass is 16.5. The van der Waals surface area contributed by atoms with Crippen LogP contribution in [0.4, 0.5) is 11.6 Å². The van der Waals surface area contributed by atoms with Gasteiger partial charge in [-0.25, -0.2) is 9.97 Å². The Kier molecular flexibility index (Phi) is 20.0. The predicted octanol–water partition coefficient (Wildman–Crippen LogP) is 1.72. The molecule has 6 heterocycles. The molecule has 0 unspecified atom stereocenters. The third-order valence-corrected chi connectivity index (χ3v) is 10.7. The van der Waals surface area contributed by atoms with E-state index in [-0.39, 0.29) is 33.4 Å². The topological polar surface area (TPSA) is 243 Å². The number of carboxylic acid groups (broad SMARTS) is 1. The average Bonchev–Trinajstić information content (AvgIpc) is 3.29. The van der Waals surface area contributed by atoms with Gasteiger partial charge in [-0.15, -0.1) is 0 Å². The molecule has 0 bridgehead atoms. The summed E-state index contributed by atoms with van der Waals surface area (Å²) in [7, 11) is 7.27. The summed E-state index contributed by atoms with van der Waals surface area (Å²) in [4.78, 5) is 78.8. The minimum absolute atomic E-state index is 0.126. The summed E-state index contributed by atoms with van der Waals surface area (Å²) >= 11 is 0. The number of carbonyl (C=O) groups is 3. The molecule has 4 aromatic rings. The highest BCUT2D eigenvalue weighted by Crippen LogP contribution is 2.23. The molecule has 66 heavy (non-hydrogen) atoms. The van der Waals surface area contributed by atoms with Crippen LogP contribution in [0, 0.1) is 36.5 Å². The molecular weight excluding hydrogens is 849 g/mol. The maximum Gasteiger partial charge on any atom is 0.300 e. The second-order valence-corrected chi connectivity index (χ2v) is 15.7. The van der Waals surface area contributed by atoms with Gasteiger partial charge in [0.2, 0.25) is 0 Å². The first kappa shape index (κ1) is 51.7. The third kappa shape index (κ3) is 14.0. The Morgan fingerprint density at radius 1 is 0.697 bits per heavy atom. The van der Waals surface area contributed by atoms with E-state index < -0.39 is 17.8 Å². The molecule has 6 rings (SSSR count). The van der Waals surface area contributed by atoms with E-state index in [0.717, 1.165) is 44.2 Å². The van der Waals surface area contributed by atoms with Crippen molar-refractivity contribution in [2.75, 3.05) is 117 Å². The molecule has 2 aliphatic heterocycles. The maximum atomic E-state index is 13.4. The minimum Gasteiger partial charge on any atom is -0.481 e. The van der Waals surface area contributed by atoms with Crippen molar-refractivity contribution >= 4 is 52.9 Å². The number of aliphatic carboxylic acids is 1. The van der Waals surface area contributed by atoms with Crippen LogP contribution in [-0.4, -0.2) is 158 Å². The van der Waals surface area contributed by atoms with Gasteiger partial charge in [0.25, 0.3) is 28.9 Å². The van der Waals surface area contributed by atoms with Gasteiger partial charge in [0.05, 0.1) is 11.1 Å². The molecule has 4 aromatic heterocycles. The number of pyridine rings is 2. The summed E-state index contributed by atoms with van der Waals surface area (Å²) in [5.41, 5.74) is 2.53. The zero-order valence-corrected chi connectivity index (χ0v) is 38.8. The van der Waals surface area contributed by atoms with Crippen molar-refractivity contribution in [3.05, 3.63) is 90.8 Å². The quantitative estimate of drug-likeness (QED) is 0.0927. The Bertz CT molecular complexity index is 2430. The first-order valence-corrected chi connectivity index (χ1v) is 21.5. The molecule has 0 atom stereocenters. The minimum atomic E-state index is -0.833. The molecule has 0 saturated carbocycles. The van der Waals surface area contributed by atoms with Gasteiger partial charge in [0.1, 0.15) is 46.2 Å². The molecule has 2 saturated heterocycles. The summed E-state index contributed by atoms with van der Waals surface area (Å²) in [5, 5.41) is 32.0. The van der Waals surface area contributed by atoms with Crippen LogP contribution >= 0.6 is 0 Å². The van der Waals surface area contributed by atoms with Crippen molar-refractivity contribution in [2.24, 2.45) is 0 Å². The lowest BCUT2D eigenvalue weighted by Gasteiger charge is -2.34. The number of carboxylic acids is 1. The van der Waals surface area contributed by atoms with Crippen molar-refractivity contribution in [3.8, 4) is 12.1 Å². The van der Waals surface area contributed by atoms with Crippen LogP contribution in [0.15, 0.2) is 57.4 Å². The Hall–Kier alpha value is -6.97. The van der Waals surface area contributed by atoms with Crippen LogP contribution < -0.4 is 31.6 Å². The Morgan fingerprint density at radius 2 is 1.05 bits per heavy atom. The lowest BCUT2D eigenvalue weighted by Crippen LogP contribution is -2.45. The number of carbonyl (C=O) groups excluding carboxylic acids is 2. The van der Waals surface area contributed by atoms with Crippen LogP contribution in [0.25, 0.3) is 23.4 Å². The number of nitrogens with one attached hydrogen (secondary N) is 2. The number of rotatable bonds is 14. The summed E-state index contributed by atoms with van der Waals surface area (Å²) < 4.78 is 12.9. The molecule has 3 N–H and O–H groups in total. The summed E-state index contributed by atoms with van der Waals surface area (Å²) in [6, 6.07) is 11.2. The number of ether oxygens (including phenoxy) is 2. The van der Waals surface area contributed by atoms with Crippen molar-refractivity contribution in [3.63, 3.8) is 0 Å². The number of nitrogens with zero attached hydrogens (tertiary/aromatic N) is 10. The molecule has 352 valence electrons. The van der Waals surface area contributed by atoms with Crippen molar-refractivity contribution in [1.82, 2.24) is 39.2 Å². The van der Waals surface area contributed by atoms with E-state index in [1.165, 1.54) is 21.0 Å². The number of methoxy groups -OCH3 is 2. The number of hydrogen-bond donors (Lipinski definition) is 3. The molecule has 2 amide bonds. The Morgan fingerprint density at radius 3 is 1.36 bits per heavy atom. The van der Waals surface area contributed by atoms with Crippen molar-refractivity contribution in [1.29, 1.82) is 10.5 Å². The van der Waals surface area contributed by atoms with Gasteiger partial charge in [0.15, 0.2) is 0 Å². The number of aryl methyl sites for hydroxylation is 2. The highest BCUT2D eigenvalue weighted by molar-refractivity contribution is 6.03. The fourth-order valence-corrected chi connectivity index (χ4v) is 6.99. The number of amides is 2. The fraction of sp³-hybridized carbons (Fsp3) is 0.457. The van der Waals surface area contributed by atoms with Gasteiger partial charge in [-0.1, -0.05) is 12.1 Å². The van der Waals surface area contributed by atoms with E-state index in [2.05, 4.69) is 20.4 Å². The SMILES string of the molecule is CC(=O)O.COCCCNC(=O)/C(C#N)=C/c1c(N2CCN(C)CC2)nc2c(C)cccn2c1=O.COCCCNC(=O)/C(C#N)=C/c1c(N2CCN(C)CC2)nc2c(C)cccn2c1=O. The zero-order valence-electron chi connectivity index (χ0n) is 38.8. The number of fused-ring (bicyclic) bond motifs is 2. The zero-order chi connectivity index (χ0) is 48.3. The largest absolute Gasteiger partial charge is 0.481 e. The van der Waals surface area contributed by atoms with Crippen LogP contribution in [0.5, 0.6) is 0 Å². The highest BCUT2D eigenvalue weighted by Gasteiger charge is 2.25. The Labute approximate surface area is 384 Å². The second-order valence-electron chi connectivity index (χ2n) is 15.7. The lowest BCUT2D eigenvalue weighted by molar-refractivity contribution is -0.134. The molecule has 0 radical (unpaired) electrons. The number of anilines is 2. The second kappa shape index (κ2) is 25.5. The molecule has 20 heteroatoms. The van der Waals surface area contributed by atoms with Gasteiger partial charge in [-0.2, -0.15) is 10.5 Å². The number of likely N-dealkylation sites (N-methyl/N-ethyl adjacent to an activating group) is 2. The summed E-state index contributed by atoms with van der Waals surface area (Å²) in [6.07, 6.45) is 7.30. The lowest BCUT2D eigenvalue weighted by atomic mass is 10.1. The monoisotopic (exact) mass is 908 g/mol. The average molecular weight is 909 g/mol. The maximum absolute atomic E-state index is 13.4. The molecule has 2 fully saturated rings. The Balaban J connectivity index is 0.000000267. The van der Waals surface area contributed by atoms with Crippen LogP contribution in [0.3, 0.4) is 0 Å². The van der Waals surface area contributed by atoms with Gasteiger partial charge in [0, 0.05) is 112 Å². The van der Waals surface area contributed by atoms with Crippen LogP contribution in [0.2, 0.25) is 0 Å². The van der Waals surface area contributed by atoms with Crippen molar-refractivity contribution < 1.29 is 29.0 Å². The number of hydrogen-bond acceptors (Lipinski definition) is 15. The van der Waals surface area contributed by atoms with Gasteiger partial charge >= 0.3 is 0 Å². The van der Waals surface area contributed by atoms with Crippen LogP contribution in [-0.2, 0) is 23.9 Å². The van der Waals surface area contributed by atoms with Crippen LogP contribution in [0.1, 0.15) is 42.0 Å². The molecule has 0 spiro atoms. The van der Waals surface area contributed by atoms with E-state index in [9.17, 15) is 29.7 Å². The van der Waals surface area contributed by atoms with Gasteiger partial charge in [-0.05, 0) is 76.2 Å². The van der Waals surface area contributed by atoms with Gasteiger partial charge in [-0.3, -0.25) is 32.8 Å². The first-order valence-electron chi connectivity index (χ1n) is 21.5. The standard InChI is InChI=1S/2C22H28N6O3.C2H4O2/c2*1-16-6-4-8-28-19(16)25-20(27-11-9-26(2)10-12-27)18(22(28)30)14-17(15-23)21(29)24-7-5-13-31-3;1-2(3)4/h2*4,6,8,14H,5,7,9-13H2,1-3H3,(H,24,29);1H3,(H,3,4)/b2*17-14+;. The molecule has 20 nitrogen and oxygen atoms in total. The van der Waals surface area contributed by atoms with Gasteiger partial charge < -0.3 is 44.8 Å². The summed E-state index contributed by atoms with van der Waals surface area (Å²) in [5.74, 6) is -0.854. The number of piperazine rings is 2. The van der Waals surface area contributed by atoms with Crippen molar-refractivity contribution in [2.45, 2.75) is 33.6 Å². The first-order chi connectivity index (χ1) is 31.6. The normalized spacial score (nSPS) is 14.6.